The van der Waals surface area contributed by atoms with E-state index in [-0.39, 0.29) is 49.2 Å². The highest BCUT2D eigenvalue weighted by molar-refractivity contribution is 5.92. The van der Waals surface area contributed by atoms with Crippen molar-refractivity contribution < 1.29 is 38.6 Å². The summed E-state index contributed by atoms with van der Waals surface area (Å²) in [7, 11) is 0. The van der Waals surface area contributed by atoms with Gasteiger partial charge in [-0.25, -0.2) is 4.79 Å². The summed E-state index contributed by atoms with van der Waals surface area (Å²) < 4.78 is 5.49. The lowest BCUT2D eigenvalue weighted by atomic mass is 9.95. The lowest BCUT2D eigenvalue weighted by Gasteiger charge is -2.24. The highest BCUT2D eigenvalue weighted by atomic mass is 16.5. The molecule has 7 amide bonds. The Labute approximate surface area is 350 Å². The average Bonchev–Trinajstić information content (AvgIpc) is 3.18. The van der Waals surface area contributed by atoms with Gasteiger partial charge in [0.05, 0.1) is 19.7 Å². The molecule has 0 saturated heterocycles. The Balaban J connectivity index is -0.000000425. The van der Waals surface area contributed by atoms with E-state index in [0.717, 1.165) is 45.1 Å². The Bertz CT molecular complexity index is 1180. The number of carbonyl (C=O) groups is 6. The number of aromatic hydroxyl groups is 1. The smallest absolute Gasteiger partial charge is 0.312 e. The van der Waals surface area contributed by atoms with Crippen LogP contribution < -0.4 is 37.6 Å². The van der Waals surface area contributed by atoms with Crippen molar-refractivity contribution in [2.75, 3.05) is 45.9 Å². The lowest BCUT2D eigenvalue weighted by molar-refractivity contribution is -0.131. The minimum Gasteiger partial charge on any atom is -0.508 e. The molecule has 58 heavy (non-hydrogen) atoms. The van der Waals surface area contributed by atoms with Crippen LogP contribution in [-0.4, -0.2) is 92.7 Å². The number of nitrogens with one attached hydrogen (secondary N) is 6. The van der Waals surface area contributed by atoms with E-state index in [1.165, 1.54) is 12.0 Å². The zero-order valence-electron chi connectivity index (χ0n) is 38.0. The highest BCUT2D eigenvalue weighted by Gasteiger charge is 2.21. The number of primary amides is 1. The van der Waals surface area contributed by atoms with Crippen LogP contribution in [0.3, 0.4) is 0 Å². The molecule has 0 aliphatic rings. The molecule has 9 N–H and O–H groups in total. The van der Waals surface area contributed by atoms with Gasteiger partial charge < -0.3 is 47.5 Å². The van der Waals surface area contributed by atoms with E-state index in [9.17, 15) is 28.8 Å². The molecule has 1 atom stereocenters. The van der Waals surface area contributed by atoms with Gasteiger partial charge in [0.1, 0.15) is 11.8 Å². The van der Waals surface area contributed by atoms with Crippen LogP contribution in [0, 0.1) is 12.3 Å². The van der Waals surface area contributed by atoms with Crippen LogP contribution in [0.5, 0.6) is 5.75 Å². The van der Waals surface area contributed by atoms with Crippen LogP contribution in [0.2, 0.25) is 0 Å². The normalized spacial score (nSPS) is 10.4. The van der Waals surface area contributed by atoms with Crippen molar-refractivity contribution in [1.82, 2.24) is 31.9 Å². The Morgan fingerprint density at radius 2 is 1.28 bits per heavy atom. The number of rotatable bonds is 24. The van der Waals surface area contributed by atoms with Crippen LogP contribution in [0.25, 0.3) is 0 Å². The number of amides is 7. The summed E-state index contributed by atoms with van der Waals surface area (Å²) in [6, 6.07) is 5.50. The minimum atomic E-state index is -0.914. The number of phenolic OH excluding ortho intramolecular Hbond substituents is 1. The largest absolute Gasteiger partial charge is 0.508 e. The zero-order valence-corrected chi connectivity index (χ0v) is 38.0. The fourth-order valence-electron chi connectivity index (χ4n) is 4.19. The highest BCUT2D eigenvalue weighted by Crippen LogP contribution is 2.14. The van der Waals surface area contributed by atoms with Crippen molar-refractivity contribution in [3.05, 3.63) is 29.8 Å². The third-order valence-electron chi connectivity index (χ3n) is 7.19. The number of nitrogens with two attached hydrogens (primary N) is 1. The number of phenols is 1. The maximum Gasteiger partial charge on any atom is 0.312 e. The number of urea groups is 1. The molecule has 0 saturated carbocycles. The molecule has 1 aromatic rings. The maximum atomic E-state index is 12.4. The first-order chi connectivity index (χ1) is 27.5. The second kappa shape index (κ2) is 42.2. The Morgan fingerprint density at radius 3 is 1.79 bits per heavy atom. The molecule has 0 bridgehead atoms. The van der Waals surface area contributed by atoms with Crippen LogP contribution in [0.1, 0.15) is 145 Å². The monoisotopic (exact) mass is 826 g/mol. The molecule has 0 radical (unpaired) electrons. The molecule has 1 aromatic carbocycles. The standard InChI is InChI=1S/C19H36N6O5.C12H25NO2.C7H8O.C3H8.C2H6/c1-3-5-6-9-15(26)23-13-17(28)25-14(8-7-11-22-19(20)30)18(29)24-12-16(27)21-10-4-2;1-5-7-11(14)13-9-12(3,4)10-15-8-6-2;1-6-2-4-7(8)5-3-6;1-3-2;1-2/h14H,3-13H2,1-2H3,(H,21,27)(H,23,26)(H,24,29)(H,25,28)(H3,20,22,30);5-10H2,1-4H3,(H,13,14);2-5,8H,1H3;3H2,1-2H3;1-2H3. The molecule has 0 aliphatic heterocycles. The molecule has 1 rings (SSSR count). The number of ether oxygens (including phenoxy) is 1. The third kappa shape index (κ3) is 44.3. The SMILES string of the molecule is CC.CCC.CCCCCC(=O)NCC(=O)NC(CCCNC(N)=O)C(=O)NCC(=O)NCCC.CCCOCC(C)(C)CNC(=O)CCC.Cc1ccc(O)cc1. The van der Waals surface area contributed by atoms with Crippen LogP contribution in [0.4, 0.5) is 4.79 Å². The predicted octanol–water partition coefficient (Wildman–Crippen LogP) is 5.76. The van der Waals surface area contributed by atoms with Gasteiger partial charge in [0.15, 0.2) is 0 Å². The fourth-order valence-corrected chi connectivity index (χ4v) is 4.19. The van der Waals surface area contributed by atoms with Gasteiger partial charge in [-0.15, -0.1) is 0 Å². The molecular formula is C43H83N7O8. The summed E-state index contributed by atoms with van der Waals surface area (Å²) in [4.78, 5) is 69.9. The molecule has 1 unspecified atom stereocenters. The first kappa shape index (κ1) is 60.3. The van der Waals surface area contributed by atoms with Gasteiger partial charge in [0.25, 0.3) is 0 Å². The molecular weight excluding hydrogens is 743 g/mol. The van der Waals surface area contributed by atoms with Crippen LogP contribution in [-0.2, 0) is 28.7 Å². The van der Waals surface area contributed by atoms with Crippen molar-refractivity contribution in [3.8, 4) is 5.75 Å². The molecule has 15 heteroatoms. The number of hydrogen-bond acceptors (Lipinski definition) is 8. The van der Waals surface area contributed by atoms with Gasteiger partial charge >= 0.3 is 6.03 Å². The Kier molecular flexibility index (Phi) is 43.9. The number of hydrogen-bond donors (Lipinski definition) is 8. The summed E-state index contributed by atoms with van der Waals surface area (Å²) in [5, 5.41) is 24.3. The van der Waals surface area contributed by atoms with Crippen molar-refractivity contribution in [3.63, 3.8) is 0 Å². The van der Waals surface area contributed by atoms with E-state index in [4.69, 9.17) is 15.6 Å². The maximum absolute atomic E-state index is 12.4. The minimum absolute atomic E-state index is 0.0264. The second-order valence-electron chi connectivity index (χ2n) is 14.1. The van der Waals surface area contributed by atoms with Gasteiger partial charge in [-0.05, 0) is 57.6 Å². The van der Waals surface area contributed by atoms with Gasteiger partial charge in [-0.3, -0.25) is 24.0 Å². The van der Waals surface area contributed by atoms with Crippen LogP contribution >= 0.6 is 0 Å². The summed E-state index contributed by atoms with van der Waals surface area (Å²) in [6.45, 7) is 25.0. The molecule has 0 spiro atoms. The van der Waals surface area contributed by atoms with Gasteiger partial charge in [0.2, 0.25) is 29.5 Å². The van der Waals surface area contributed by atoms with E-state index in [2.05, 4.69) is 66.5 Å². The molecule has 15 nitrogen and oxygen atoms in total. The van der Waals surface area contributed by atoms with E-state index in [0.29, 0.717) is 44.7 Å². The van der Waals surface area contributed by atoms with Crippen LogP contribution in [0.15, 0.2) is 24.3 Å². The van der Waals surface area contributed by atoms with E-state index < -0.39 is 23.9 Å². The summed E-state index contributed by atoms with van der Waals surface area (Å²) in [5.74, 6) is -1.12. The van der Waals surface area contributed by atoms with E-state index >= 15 is 0 Å². The molecule has 338 valence electrons. The third-order valence-corrected chi connectivity index (χ3v) is 7.19. The number of carbonyl (C=O) groups excluding carboxylic acids is 6. The summed E-state index contributed by atoms with van der Waals surface area (Å²) >= 11 is 0. The Morgan fingerprint density at radius 1 is 0.690 bits per heavy atom. The topological polar surface area (TPSA) is 230 Å². The predicted molar refractivity (Wildman–Crippen MR) is 235 cm³/mol. The number of aryl methyl sites for hydroxylation is 1. The quantitative estimate of drug-likeness (QED) is 0.0597. The van der Waals surface area contributed by atoms with Crippen molar-refractivity contribution >= 4 is 35.6 Å². The second-order valence-corrected chi connectivity index (χ2v) is 14.1. The van der Waals surface area contributed by atoms with Crippen molar-refractivity contribution in [2.45, 2.75) is 153 Å². The number of benzene rings is 1. The number of unbranched alkanes of at least 4 members (excludes halogenated alkanes) is 2. The average molecular weight is 826 g/mol. The van der Waals surface area contributed by atoms with Gasteiger partial charge in [-0.1, -0.05) is 106 Å². The molecule has 0 fully saturated rings. The molecule has 0 aliphatic carbocycles. The zero-order chi connectivity index (χ0) is 45.2. The first-order valence-electron chi connectivity index (χ1n) is 21.3. The fraction of sp³-hybridized carbons (Fsp3) is 0.721. The first-order valence-corrected chi connectivity index (χ1v) is 21.3. The van der Waals surface area contributed by atoms with Gasteiger partial charge in [0, 0.05) is 44.5 Å². The molecule has 0 heterocycles. The lowest BCUT2D eigenvalue weighted by Crippen LogP contribution is -2.51. The van der Waals surface area contributed by atoms with E-state index in [1.807, 2.05) is 53.7 Å². The van der Waals surface area contributed by atoms with E-state index in [1.54, 1.807) is 12.1 Å². The van der Waals surface area contributed by atoms with Crippen molar-refractivity contribution in [1.29, 1.82) is 0 Å². The van der Waals surface area contributed by atoms with Crippen molar-refractivity contribution in [2.24, 2.45) is 11.1 Å². The molecule has 0 aromatic heterocycles. The van der Waals surface area contributed by atoms with Gasteiger partial charge in [-0.2, -0.15) is 0 Å². The summed E-state index contributed by atoms with van der Waals surface area (Å²) in [6.07, 6.45) is 8.21. The summed E-state index contributed by atoms with van der Waals surface area (Å²) in [5.41, 5.74) is 6.19. The Hall–Kier alpha value is -4.40.